The van der Waals surface area contributed by atoms with Crippen LogP contribution in [0.3, 0.4) is 0 Å². The summed E-state index contributed by atoms with van der Waals surface area (Å²) in [5.74, 6) is 0.00309. The first-order chi connectivity index (χ1) is 10.4. The fourth-order valence-electron chi connectivity index (χ4n) is 2.31. The third kappa shape index (κ3) is 3.63. The number of unbranched alkanes of at least 4 members (excludes halogenated alkanes) is 1. The molecular weight excluding hydrogens is 288 g/mol. The van der Waals surface area contributed by atoms with E-state index >= 15 is 0 Å². The average Bonchev–Trinajstić information content (AvgIpc) is 2.84. The molecule has 3 N–H and O–H groups in total. The number of carboxylic acid groups (broad SMARTS) is 1. The van der Waals surface area contributed by atoms with Crippen LogP contribution in [0.5, 0.6) is 0 Å². The third-order valence-electron chi connectivity index (χ3n) is 3.28. The van der Waals surface area contributed by atoms with Crippen molar-refractivity contribution >= 4 is 17.1 Å². The van der Waals surface area contributed by atoms with Gasteiger partial charge in [0, 0.05) is 19.4 Å². The van der Waals surface area contributed by atoms with E-state index in [-0.39, 0.29) is 17.9 Å². The van der Waals surface area contributed by atoms with Gasteiger partial charge in [-0.3, -0.25) is 19.1 Å². The van der Waals surface area contributed by atoms with Crippen LogP contribution in [0.25, 0.3) is 11.2 Å². The summed E-state index contributed by atoms with van der Waals surface area (Å²) < 4.78 is 1.46. The Bertz CT molecular complexity index is 784. The van der Waals surface area contributed by atoms with E-state index in [0.717, 1.165) is 0 Å². The van der Waals surface area contributed by atoms with Gasteiger partial charge in [-0.2, -0.15) is 0 Å². The summed E-state index contributed by atoms with van der Waals surface area (Å²) >= 11 is 0. The lowest BCUT2D eigenvalue weighted by Crippen LogP contribution is -2.31. The van der Waals surface area contributed by atoms with E-state index in [2.05, 4.69) is 15.0 Å². The molecule has 0 bridgehead atoms. The summed E-state index contributed by atoms with van der Waals surface area (Å²) in [7, 11) is 0. The van der Waals surface area contributed by atoms with Crippen molar-refractivity contribution in [3.05, 3.63) is 26.7 Å². The van der Waals surface area contributed by atoms with Crippen molar-refractivity contribution in [3.63, 3.8) is 0 Å². The van der Waals surface area contributed by atoms with Crippen molar-refractivity contribution in [3.8, 4) is 0 Å². The number of aliphatic carboxylic acids is 1. The molecule has 0 aliphatic carbocycles. The highest BCUT2D eigenvalue weighted by molar-refractivity contribution is 5.69. The van der Waals surface area contributed by atoms with Crippen LogP contribution in [-0.2, 0) is 17.8 Å². The van der Waals surface area contributed by atoms with E-state index in [1.807, 2.05) is 13.8 Å². The number of aromatic amines is 2. The van der Waals surface area contributed by atoms with Gasteiger partial charge in [0.2, 0.25) is 0 Å². The molecular formula is C14H20N4O4. The molecule has 0 saturated carbocycles. The topological polar surface area (TPSA) is 121 Å². The average molecular weight is 308 g/mol. The van der Waals surface area contributed by atoms with Gasteiger partial charge in [-0.15, -0.1) is 0 Å². The lowest BCUT2D eigenvalue weighted by molar-refractivity contribution is -0.137. The number of nitrogens with one attached hydrogen (secondary N) is 2. The molecule has 0 aromatic carbocycles. The highest BCUT2D eigenvalue weighted by atomic mass is 16.4. The lowest BCUT2D eigenvalue weighted by Gasteiger charge is -2.07. The standard InChI is InChI=1S/C14H20N4O4/c1-8(2)7-18-12-11(13(21)17-14(18)22)15-9(16-12)5-3-4-6-10(19)20/h8H,3-7H2,1-2H3,(H,15,16)(H,19,20)(H,17,21,22). The number of imidazole rings is 1. The predicted octanol–water partition coefficient (Wildman–Crippen LogP) is 0.866. The van der Waals surface area contributed by atoms with Crippen molar-refractivity contribution in [1.29, 1.82) is 0 Å². The maximum atomic E-state index is 11.9. The maximum absolute atomic E-state index is 11.9. The molecule has 0 aliphatic rings. The van der Waals surface area contributed by atoms with Crippen LogP contribution < -0.4 is 11.2 Å². The van der Waals surface area contributed by atoms with E-state index < -0.39 is 17.2 Å². The summed E-state index contributed by atoms with van der Waals surface area (Å²) in [5.41, 5.74) is -0.302. The molecule has 0 fully saturated rings. The number of carboxylic acids is 1. The van der Waals surface area contributed by atoms with E-state index in [9.17, 15) is 14.4 Å². The molecule has 2 heterocycles. The van der Waals surface area contributed by atoms with Crippen molar-refractivity contribution in [2.75, 3.05) is 0 Å². The Labute approximate surface area is 126 Å². The van der Waals surface area contributed by atoms with Crippen LogP contribution in [0.2, 0.25) is 0 Å². The quantitative estimate of drug-likeness (QED) is 0.655. The summed E-state index contributed by atoms with van der Waals surface area (Å²) in [5, 5.41) is 8.61. The first-order valence-corrected chi connectivity index (χ1v) is 7.32. The Kier molecular flexibility index (Phi) is 4.79. The molecule has 8 nitrogen and oxygen atoms in total. The smallest absolute Gasteiger partial charge is 0.330 e. The minimum Gasteiger partial charge on any atom is -0.481 e. The number of hydrogen-bond acceptors (Lipinski definition) is 4. The second-order valence-corrected chi connectivity index (χ2v) is 5.75. The first-order valence-electron chi connectivity index (χ1n) is 7.32. The number of carbonyl (C=O) groups is 1. The van der Waals surface area contributed by atoms with E-state index in [4.69, 9.17) is 5.11 Å². The molecule has 2 rings (SSSR count). The van der Waals surface area contributed by atoms with E-state index in [1.54, 1.807) is 0 Å². The monoisotopic (exact) mass is 308 g/mol. The molecule has 0 spiro atoms. The number of fused-ring (bicyclic) bond motifs is 1. The number of aromatic nitrogens is 4. The van der Waals surface area contributed by atoms with Gasteiger partial charge < -0.3 is 10.1 Å². The summed E-state index contributed by atoms with van der Waals surface area (Å²) in [6, 6.07) is 0. The number of aryl methyl sites for hydroxylation is 1. The number of nitrogens with zero attached hydrogens (tertiary/aromatic N) is 2. The fraction of sp³-hybridized carbons (Fsp3) is 0.571. The van der Waals surface area contributed by atoms with Gasteiger partial charge in [0.25, 0.3) is 5.56 Å². The van der Waals surface area contributed by atoms with E-state index in [1.165, 1.54) is 4.57 Å². The molecule has 2 aromatic rings. The molecule has 8 heteroatoms. The van der Waals surface area contributed by atoms with Crippen LogP contribution in [0.4, 0.5) is 0 Å². The van der Waals surface area contributed by atoms with Gasteiger partial charge >= 0.3 is 11.7 Å². The Morgan fingerprint density at radius 1 is 1.27 bits per heavy atom. The number of rotatable bonds is 7. The van der Waals surface area contributed by atoms with Crippen molar-refractivity contribution in [2.24, 2.45) is 5.92 Å². The van der Waals surface area contributed by atoms with Crippen molar-refractivity contribution < 1.29 is 9.90 Å². The van der Waals surface area contributed by atoms with Crippen LogP contribution in [-0.4, -0.2) is 30.6 Å². The zero-order chi connectivity index (χ0) is 16.3. The second-order valence-electron chi connectivity index (χ2n) is 5.75. The molecule has 0 unspecified atom stereocenters. The van der Waals surface area contributed by atoms with Crippen molar-refractivity contribution in [1.82, 2.24) is 19.5 Å². The van der Waals surface area contributed by atoms with Gasteiger partial charge in [0.1, 0.15) is 11.3 Å². The van der Waals surface area contributed by atoms with Gasteiger partial charge in [0.05, 0.1) is 0 Å². The SMILES string of the molecule is CC(C)Cn1c(=O)[nH]c(=O)c2[nH]c(CCCCC(=O)O)nc21. The molecule has 22 heavy (non-hydrogen) atoms. The Morgan fingerprint density at radius 3 is 2.64 bits per heavy atom. The normalized spacial score (nSPS) is 11.4. The van der Waals surface area contributed by atoms with Gasteiger partial charge in [-0.05, 0) is 18.8 Å². The number of H-pyrrole nitrogens is 2. The Morgan fingerprint density at radius 2 is 2.00 bits per heavy atom. The summed E-state index contributed by atoms with van der Waals surface area (Å²) in [6.45, 7) is 4.42. The molecule has 120 valence electrons. The molecule has 2 aromatic heterocycles. The zero-order valence-electron chi connectivity index (χ0n) is 12.7. The lowest BCUT2D eigenvalue weighted by atomic mass is 10.2. The van der Waals surface area contributed by atoms with Gasteiger partial charge in [0.15, 0.2) is 5.65 Å². The fourth-order valence-corrected chi connectivity index (χ4v) is 2.31. The molecule has 0 saturated heterocycles. The van der Waals surface area contributed by atoms with Crippen LogP contribution in [0.15, 0.2) is 9.59 Å². The van der Waals surface area contributed by atoms with Gasteiger partial charge in [-0.25, -0.2) is 9.78 Å². The minimum atomic E-state index is -0.827. The largest absolute Gasteiger partial charge is 0.481 e. The first kappa shape index (κ1) is 16.0. The van der Waals surface area contributed by atoms with Crippen LogP contribution in [0, 0.1) is 5.92 Å². The molecule has 0 atom stereocenters. The maximum Gasteiger partial charge on any atom is 0.330 e. The zero-order valence-corrected chi connectivity index (χ0v) is 12.7. The van der Waals surface area contributed by atoms with Crippen molar-refractivity contribution in [2.45, 2.75) is 46.1 Å². The molecule has 0 radical (unpaired) electrons. The predicted molar refractivity (Wildman–Crippen MR) is 81.0 cm³/mol. The van der Waals surface area contributed by atoms with Crippen LogP contribution >= 0.6 is 0 Å². The van der Waals surface area contributed by atoms with E-state index in [0.29, 0.717) is 37.3 Å². The Balaban J connectivity index is 2.28. The summed E-state index contributed by atoms with van der Waals surface area (Å²) in [4.78, 5) is 43.8. The highest BCUT2D eigenvalue weighted by Crippen LogP contribution is 2.10. The number of hydrogen-bond donors (Lipinski definition) is 3. The second kappa shape index (κ2) is 6.59. The van der Waals surface area contributed by atoms with Gasteiger partial charge in [-0.1, -0.05) is 13.8 Å². The Hall–Kier alpha value is -2.38. The molecule has 0 amide bonds. The summed E-state index contributed by atoms with van der Waals surface area (Å²) in [6.07, 6.45) is 1.84. The third-order valence-corrected chi connectivity index (χ3v) is 3.28. The molecule has 0 aliphatic heterocycles. The minimum absolute atomic E-state index is 0.110. The highest BCUT2D eigenvalue weighted by Gasteiger charge is 2.13. The van der Waals surface area contributed by atoms with Crippen LogP contribution in [0.1, 0.15) is 38.9 Å².